The van der Waals surface area contributed by atoms with Crippen LogP contribution in [0.2, 0.25) is 0 Å². The van der Waals surface area contributed by atoms with Crippen LogP contribution in [0.5, 0.6) is 0 Å². The Kier molecular flexibility index (Phi) is 7.10. The number of hydrogen-bond acceptors (Lipinski definition) is 9. The zero-order valence-electron chi connectivity index (χ0n) is 24.3. The number of halogens is 1. The number of hydrogen-bond donors (Lipinski definition) is 0. The number of likely N-dealkylation sites (tertiary alicyclic amines) is 1. The van der Waals surface area contributed by atoms with Crippen molar-refractivity contribution in [2.75, 3.05) is 12.8 Å². The number of nitrogens with zero attached hydrogens (tertiary/aromatic N) is 6. The number of ether oxygens (including phenoxy) is 1. The summed E-state index contributed by atoms with van der Waals surface area (Å²) in [5, 5.41) is 10.6. The molecule has 0 N–H and O–H groups in total. The van der Waals surface area contributed by atoms with Crippen LogP contribution in [0.4, 0.5) is 9.18 Å². The molecule has 0 aromatic carbocycles. The first-order chi connectivity index (χ1) is 19.5. The molecule has 0 radical (unpaired) electrons. The van der Waals surface area contributed by atoms with Crippen LogP contribution in [0.3, 0.4) is 0 Å². The first-order valence-corrected chi connectivity index (χ1v) is 15.7. The van der Waals surface area contributed by atoms with E-state index in [2.05, 4.69) is 10.3 Å². The quantitative estimate of drug-likeness (QED) is 0.276. The van der Waals surface area contributed by atoms with Gasteiger partial charge in [0.2, 0.25) is 0 Å². The molecule has 2 aliphatic carbocycles. The van der Waals surface area contributed by atoms with Crippen LogP contribution >= 0.6 is 11.8 Å². The Bertz CT molecular complexity index is 1500. The van der Waals surface area contributed by atoms with E-state index < -0.39 is 29.3 Å². The highest BCUT2D eigenvalue weighted by molar-refractivity contribution is 7.98. The van der Waals surface area contributed by atoms with E-state index in [0.717, 1.165) is 54.5 Å². The van der Waals surface area contributed by atoms with Crippen LogP contribution in [0, 0.1) is 0 Å². The summed E-state index contributed by atoms with van der Waals surface area (Å²) in [7, 11) is 0. The zero-order valence-corrected chi connectivity index (χ0v) is 25.1. The summed E-state index contributed by atoms with van der Waals surface area (Å²) < 4.78 is 28.0. The van der Waals surface area contributed by atoms with Gasteiger partial charge >= 0.3 is 6.09 Å². The second kappa shape index (κ2) is 10.4. The lowest BCUT2D eigenvalue weighted by atomic mass is 9.64. The third-order valence-corrected chi connectivity index (χ3v) is 9.43. The molecule has 1 aliphatic heterocycles. The van der Waals surface area contributed by atoms with E-state index in [-0.39, 0.29) is 24.8 Å². The molecule has 0 bridgehead atoms. The Hall–Kier alpha value is -3.02. The lowest BCUT2D eigenvalue weighted by molar-refractivity contribution is -0.128. The number of amides is 1. The summed E-state index contributed by atoms with van der Waals surface area (Å²) in [5.74, 6) is 1.35. The van der Waals surface area contributed by atoms with Crippen LogP contribution < -0.4 is 0 Å². The van der Waals surface area contributed by atoms with Gasteiger partial charge in [-0.1, -0.05) is 11.6 Å². The molecule has 0 unspecified atom stereocenters. The van der Waals surface area contributed by atoms with E-state index in [9.17, 15) is 14.0 Å². The van der Waals surface area contributed by atoms with Crippen LogP contribution in [0.25, 0.3) is 22.6 Å². The Labute approximate surface area is 242 Å². The maximum Gasteiger partial charge on any atom is 0.410 e. The third kappa shape index (κ3) is 4.81. The standard InChI is InChI=1S/C29H37FN6O4S/c1-16(20-13-17(30)15-35(20)27(38)39-28(2,3)4)36-25-19(14-31-36)26(41-5)33-24(32-25)22-18-9-8-12-29(23(18)40-34-22)11-7-6-10-21(29)37/h14,16-17,20H,6-13,15H2,1-5H3/t16-,17+,20-,29+/m0/s1. The van der Waals surface area contributed by atoms with Crippen LogP contribution in [-0.4, -0.2) is 72.3 Å². The Morgan fingerprint density at radius 1 is 1.22 bits per heavy atom. The molecule has 2 fully saturated rings. The number of ketones is 1. The van der Waals surface area contributed by atoms with Gasteiger partial charge in [0.1, 0.15) is 22.6 Å². The number of aromatic nitrogens is 5. The van der Waals surface area contributed by atoms with Crippen LogP contribution in [0.15, 0.2) is 15.7 Å². The maximum absolute atomic E-state index is 14.7. The average Bonchev–Trinajstić information content (AvgIpc) is 3.65. The highest BCUT2D eigenvalue weighted by atomic mass is 32.2. The smallest absolute Gasteiger partial charge is 0.410 e. The lowest BCUT2D eigenvalue weighted by Gasteiger charge is -2.36. The second-order valence-corrected chi connectivity index (χ2v) is 13.4. The molecular formula is C29H37FN6O4S. The minimum atomic E-state index is -1.15. The minimum absolute atomic E-state index is 0.0229. The predicted molar refractivity (Wildman–Crippen MR) is 152 cm³/mol. The minimum Gasteiger partial charge on any atom is -0.444 e. The van der Waals surface area contributed by atoms with E-state index in [1.54, 1.807) is 31.6 Å². The molecule has 6 rings (SSSR count). The fourth-order valence-electron chi connectivity index (χ4n) is 6.79. The molecule has 4 atom stereocenters. The van der Waals surface area contributed by atoms with Gasteiger partial charge in [0, 0.05) is 18.4 Å². The number of fused-ring (bicyclic) bond motifs is 3. The molecular weight excluding hydrogens is 547 g/mol. The van der Waals surface area contributed by atoms with Crippen LogP contribution in [-0.2, 0) is 21.4 Å². The molecule has 1 saturated heterocycles. The van der Waals surface area contributed by atoms with E-state index in [0.29, 0.717) is 29.3 Å². The highest BCUT2D eigenvalue weighted by Gasteiger charge is 2.49. The van der Waals surface area contributed by atoms with Gasteiger partial charge in [-0.3, -0.25) is 4.79 Å². The van der Waals surface area contributed by atoms with Gasteiger partial charge in [-0.05, 0) is 66.1 Å². The van der Waals surface area contributed by atoms with Crippen molar-refractivity contribution in [3.8, 4) is 11.5 Å². The maximum atomic E-state index is 14.7. The summed E-state index contributed by atoms with van der Waals surface area (Å²) in [5.41, 5.74) is 0.787. The Morgan fingerprint density at radius 3 is 2.73 bits per heavy atom. The predicted octanol–water partition coefficient (Wildman–Crippen LogP) is 5.83. The van der Waals surface area contributed by atoms with Crippen molar-refractivity contribution < 1.29 is 23.2 Å². The topological polar surface area (TPSA) is 116 Å². The largest absolute Gasteiger partial charge is 0.444 e. The molecule has 1 saturated carbocycles. The normalized spacial score (nSPS) is 25.6. The second-order valence-electron chi connectivity index (χ2n) is 12.6. The van der Waals surface area contributed by atoms with Crippen molar-refractivity contribution in [1.82, 2.24) is 29.8 Å². The Morgan fingerprint density at radius 2 is 2.00 bits per heavy atom. The van der Waals surface area contributed by atoms with Crippen molar-refractivity contribution in [3.63, 3.8) is 0 Å². The zero-order chi connectivity index (χ0) is 29.1. The van der Waals surface area contributed by atoms with Crippen molar-refractivity contribution in [2.45, 2.75) is 113 Å². The molecule has 3 aromatic heterocycles. The summed E-state index contributed by atoms with van der Waals surface area (Å²) in [6.45, 7) is 7.29. The number of rotatable bonds is 4. The molecule has 12 heteroatoms. The number of carbonyl (C=O) groups is 2. The van der Waals surface area contributed by atoms with Crippen LogP contribution in [0.1, 0.15) is 90.0 Å². The number of Topliss-reactive ketones (excluding diaryl/α,β-unsaturated/α-hetero) is 1. The first-order valence-electron chi connectivity index (χ1n) is 14.5. The summed E-state index contributed by atoms with van der Waals surface area (Å²) >= 11 is 1.48. The van der Waals surface area contributed by atoms with E-state index in [1.165, 1.54) is 16.7 Å². The molecule has 3 aromatic rings. The third-order valence-electron chi connectivity index (χ3n) is 8.73. The van der Waals surface area contributed by atoms with Gasteiger partial charge < -0.3 is 14.2 Å². The number of carbonyl (C=O) groups excluding carboxylic acids is 2. The first kappa shape index (κ1) is 28.1. The van der Waals surface area contributed by atoms with Gasteiger partial charge in [0.15, 0.2) is 22.9 Å². The van der Waals surface area contributed by atoms with Gasteiger partial charge in [-0.25, -0.2) is 23.8 Å². The molecule has 1 spiro atoms. The molecule has 220 valence electrons. The fraction of sp³-hybridized carbons (Fsp3) is 0.655. The number of thioether (sulfide) groups is 1. The fourth-order valence-corrected chi connectivity index (χ4v) is 7.33. The number of alkyl halides is 1. The monoisotopic (exact) mass is 584 g/mol. The summed E-state index contributed by atoms with van der Waals surface area (Å²) in [6.07, 6.45) is 7.86. The molecule has 10 nitrogen and oxygen atoms in total. The molecule has 1 amide bonds. The van der Waals surface area contributed by atoms with E-state index in [1.807, 2.05) is 13.2 Å². The molecule has 41 heavy (non-hydrogen) atoms. The van der Waals surface area contributed by atoms with Gasteiger partial charge in [-0.15, -0.1) is 11.8 Å². The van der Waals surface area contributed by atoms with Crippen molar-refractivity contribution in [1.29, 1.82) is 0 Å². The Balaban J connectivity index is 1.39. The van der Waals surface area contributed by atoms with E-state index >= 15 is 0 Å². The van der Waals surface area contributed by atoms with E-state index in [4.69, 9.17) is 19.2 Å². The molecule has 3 aliphatic rings. The van der Waals surface area contributed by atoms with Crippen molar-refractivity contribution in [2.24, 2.45) is 0 Å². The molecule has 4 heterocycles. The highest BCUT2D eigenvalue weighted by Crippen LogP contribution is 2.47. The van der Waals surface area contributed by atoms with Crippen molar-refractivity contribution in [3.05, 3.63) is 17.5 Å². The lowest BCUT2D eigenvalue weighted by Crippen LogP contribution is -2.43. The van der Waals surface area contributed by atoms with Gasteiger partial charge in [-0.2, -0.15) is 5.10 Å². The SMILES string of the molecule is CSc1nc(-c2noc3c2CCC[C@@]32CCCCC2=O)nc2c1cnn2[C@@H](C)[C@@H]1C[C@@H](F)CN1C(=O)OC(C)(C)C. The van der Waals surface area contributed by atoms with Gasteiger partial charge in [0.25, 0.3) is 0 Å². The summed E-state index contributed by atoms with van der Waals surface area (Å²) in [4.78, 5) is 37.4. The summed E-state index contributed by atoms with van der Waals surface area (Å²) in [6, 6.07) is -0.844. The van der Waals surface area contributed by atoms with Gasteiger partial charge in [0.05, 0.1) is 35.6 Å². The average molecular weight is 585 g/mol. The van der Waals surface area contributed by atoms with Crippen molar-refractivity contribution >= 4 is 34.7 Å².